The van der Waals surface area contributed by atoms with Gasteiger partial charge in [-0.2, -0.15) is 0 Å². The fourth-order valence-corrected chi connectivity index (χ4v) is 3.57. The number of carbonyl (C=O) groups is 1. The van der Waals surface area contributed by atoms with Crippen molar-refractivity contribution < 1.29 is 24.1 Å². The summed E-state index contributed by atoms with van der Waals surface area (Å²) in [6, 6.07) is 11.1. The van der Waals surface area contributed by atoms with Gasteiger partial charge in [0.15, 0.2) is 11.5 Å². The van der Waals surface area contributed by atoms with Crippen molar-refractivity contribution in [3.8, 4) is 17.2 Å². The van der Waals surface area contributed by atoms with E-state index in [0.717, 1.165) is 11.3 Å². The summed E-state index contributed by atoms with van der Waals surface area (Å²) in [7, 11) is 0. The topological polar surface area (TPSA) is 77.0 Å². The zero-order valence-electron chi connectivity index (χ0n) is 14.6. The number of aliphatic hydroxyl groups excluding tert-OH is 1. The lowest BCUT2D eigenvalue weighted by atomic mass is 10.1. The second kappa shape index (κ2) is 7.66. The molecular weight excluding hydrogens is 370 g/mol. The molecule has 2 aromatic rings. The molecule has 0 spiro atoms. The average molecular weight is 390 g/mol. The van der Waals surface area contributed by atoms with Crippen LogP contribution in [0.1, 0.15) is 23.7 Å². The molecule has 6 nitrogen and oxygen atoms in total. The molecule has 0 fully saturated rings. The Morgan fingerprint density at radius 3 is 2.89 bits per heavy atom. The van der Waals surface area contributed by atoms with Crippen molar-refractivity contribution in [2.45, 2.75) is 25.0 Å². The summed E-state index contributed by atoms with van der Waals surface area (Å²) < 4.78 is 16.8. The zero-order chi connectivity index (χ0) is 18.8. The molecule has 2 heterocycles. The van der Waals surface area contributed by atoms with E-state index in [9.17, 15) is 9.90 Å². The van der Waals surface area contributed by atoms with Gasteiger partial charge >= 0.3 is 0 Å². The monoisotopic (exact) mass is 389 g/mol. The molecule has 2 N–H and O–H groups in total. The summed E-state index contributed by atoms with van der Waals surface area (Å²) in [6.45, 7) is 0.954. The molecule has 0 saturated carbocycles. The zero-order valence-corrected chi connectivity index (χ0v) is 15.4. The Labute approximate surface area is 162 Å². The van der Waals surface area contributed by atoms with Crippen LogP contribution in [0.25, 0.3) is 0 Å². The summed E-state index contributed by atoms with van der Waals surface area (Å²) in [5.74, 6) is 1.66. The highest BCUT2D eigenvalue weighted by atomic mass is 35.5. The lowest BCUT2D eigenvalue weighted by molar-refractivity contribution is -0.123. The number of aliphatic hydroxyl groups is 1. The van der Waals surface area contributed by atoms with Crippen LogP contribution >= 0.6 is 11.6 Å². The third-order valence-electron chi connectivity index (χ3n) is 4.62. The summed E-state index contributed by atoms with van der Waals surface area (Å²) in [6.07, 6.45) is -0.125. The molecule has 0 aliphatic carbocycles. The quantitative estimate of drug-likeness (QED) is 0.822. The van der Waals surface area contributed by atoms with Gasteiger partial charge in [0.25, 0.3) is 0 Å². The fraction of sp³-hybridized carbons (Fsp3) is 0.350. The van der Waals surface area contributed by atoms with Crippen LogP contribution in [0.3, 0.4) is 0 Å². The molecular formula is C20H20ClNO5. The van der Waals surface area contributed by atoms with Crippen LogP contribution in [0.4, 0.5) is 0 Å². The van der Waals surface area contributed by atoms with Gasteiger partial charge in [-0.05, 0) is 29.3 Å². The largest absolute Gasteiger partial charge is 0.489 e. The van der Waals surface area contributed by atoms with Crippen molar-refractivity contribution in [1.82, 2.24) is 5.32 Å². The van der Waals surface area contributed by atoms with E-state index < -0.39 is 6.10 Å². The molecule has 142 valence electrons. The van der Waals surface area contributed by atoms with Gasteiger partial charge in [-0.1, -0.05) is 29.8 Å². The van der Waals surface area contributed by atoms with E-state index in [-0.39, 0.29) is 25.0 Å². The predicted octanol–water partition coefficient (Wildman–Crippen LogP) is 2.65. The van der Waals surface area contributed by atoms with Crippen LogP contribution < -0.4 is 19.5 Å². The van der Waals surface area contributed by atoms with Crippen LogP contribution in [-0.2, 0) is 11.2 Å². The minimum Gasteiger partial charge on any atom is -0.489 e. The molecule has 27 heavy (non-hydrogen) atoms. The Bertz CT molecular complexity index is 831. The Morgan fingerprint density at radius 2 is 2.04 bits per heavy atom. The van der Waals surface area contributed by atoms with Gasteiger partial charge in [-0.3, -0.25) is 4.79 Å². The van der Waals surface area contributed by atoms with E-state index in [1.807, 2.05) is 24.3 Å². The number of fused-ring (bicyclic) bond motifs is 2. The average Bonchev–Trinajstić information content (AvgIpc) is 3.08. The van der Waals surface area contributed by atoms with E-state index in [1.165, 1.54) is 0 Å². The number of ether oxygens (including phenoxy) is 3. The SMILES string of the molecule is O=C(CC1Cc2ccccc2O1)NCC(O)c1cc(Cl)c2c(c1)OCCO2. The Kier molecular flexibility index (Phi) is 5.09. The van der Waals surface area contributed by atoms with E-state index >= 15 is 0 Å². The van der Waals surface area contributed by atoms with Crippen molar-refractivity contribution >= 4 is 17.5 Å². The molecule has 4 rings (SSSR count). The van der Waals surface area contributed by atoms with Crippen LogP contribution in [-0.4, -0.2) is 36.9 Å². The summed E-state index contributed by atoms with van der Waals surface area (Å²) in [4.78, 5) is 12.2. The number of rotatable bonds is 5. The molecule has 2 atom stereocenters. The summed E-state index contributed by atoms with van der Waals surface area (Å²) in [5, 5.41) is 13.5. The van der Waals surface area contributed by atoms with E-state index in [0.29, 0.717) is 41.7 Å². The molecule has 2 aromatic carbocycles. The fourth-order valence-electron chi connectivity index (χ4n) is 3.30. The van der Waals surface area contributed by atoms with Crippen molar-refractivity contribution in [3.63, 3.8) is 0 Å². The first-order chi connectivity index (χ1) is 13.1. The van der Waals surface area contributed by atoms with Gasteiger partial charge < -0.3 is 24.6 Å². The number of hydrogen-bond donors (Lipinski definition) is 2. The lowest BCUT2D eigenvalue weighted by Gasteiger charge is -2.21. The Morgan fingerprint density at radius 1 is 1.22 bits per heavy atom. The number of halogens is 1. The second-order valence-corrected chi connectivity index (χ2v) is 7.01. The molecule has 0 bridgehead atoms. The Balaban J connectivity index is 1.31. The smallest absolute Gasteiger partial charge is 0.223 e. The first-order valence-electron chi connectivity index (χ1n) is 8.88. The highest BCUT2D eigenvalue weighted by molar-refractivity contribution is 6.32. The number of hydrogen-bond acceptors (Lipinski definition) is 5. The number of amides is 1. The predicted molar refractivity (Wildman–Crippen MR) is 99.6 cm³/mol. The minimum absolute atomic E-state index is 0.0779. The number of benzene rings is 2. The highest BCUT2D eigenvalue weighted by Crippen LogP contribution is 2.39. The number of para-hydroxylation sites is 1. The van der Waals surface area contributed by atoms with Gasteiger partial charge in [0.05, 0.1) is 17.5 Å². The van der Waals surface area contributed by atoms with Gasteiger partial charge in [-0.25, -0.2) is 0 Å². The molecule has 1 amide bonds. The molecule has 2 aliphatic heterocycles. The van der Waals surface area contributed by atoms with Crippen molar-refractivity contribution in [2.24, 2.45) is 0 Å². The number of nitrogens with one attached hydrogen (secondary N) is 1. The second-order valence-electron chi connectivity index (χ2n) is 6.60. The van der Waals surface area contributed by atoms with Crippen LogP contribution in [0, 0.1) is 0 Å². The molecule has 2 unspecified atom stereocenters. The normalized spacial score (nSPS) is 18.4. The summed E-state index contributed by atoms with van der Waals surface area (Å²) >= 11 is 6.19. The molecule has 7 heteroatoms. The number of carbonyl (C=O) groups excluding carboxylic acids is 1. The van der Waals surface area contributed by atoms with Gasteiger partial charge in [0.1, 0.15) is 25.1 Å². The lowest BCUT2D eigenvalue weighted by Crippen LogP contribution is -2.32. The first kappa shape index (κ1) is 17.9. The standard InChI is InChI=1S/C20H20ClNO5/c21-15-8-13(9-18-20(15)26-6-5-25-18)16(23)11-22-19(24)10-14-7-12-3-1-2-4-17(12)27-14/h1-4,8-9,14,16,23H,5-7,10-11H2,(H,22,24). The third-order valence-corrected chi connectivity index (χ3v) is 4.90. The first-order valence-corrected chi connectivity index (χ1v) is 9.26. The van der Waals surface area contributed by atoms with Gasteiger partial charge in [0, 0.05) is 13.0 Å². The maximum Gasteiger partial charge on any atom is 0.223 e. The molecule has 0 saturated heterocycles. The van der Waals surface area contributed by atoms with Crippen LogP contribution in [0.2, 0.25) is 5.02 Å². The minimum atomic E-state index is -0.899. The highest BCUT2D eigenvalue weighted by Gasteiger charge is 2.25. The molecule has 0 radical (unpaired) electrons. The van der Waals surface area contributed by atoms with E-state index in [2.05, 4.69) is 5.32 Å². The van der Waals surface area contributed by atoms with Crippen molar-refractivity contribution in [2.75, 3.05) is 19.8 Å². The van der Waals surface area contributed by atoms with E-state index in [1.54, 1.807) is 12.1 Å². The summed E-state index contributed by atoms with van der Waals surface area (Å²) in [5.41, 5.74) is 1.68. The van der Waals surface area contributed by atoms with Crippen molar-refractivity contribution in [1.29, 1.82) is 0 Å². The van der Waals surface area contributed by atoms with Crippen LogP contribution in [0.15, 0.2) is 36.4 Å². The molecule has 0 aromatic heterocycles. The van der Waals surface area contributed by atoms with Gasteiger partial charge in [-0.15, -0.1) is 0 Å². The molecule has 2 aliphatic rings. The van der Waals surface area contributed by atoms with E-state index in [4.69, 9.17) is 25.8 Å². The van der Waals surface area contributed by atoms with Crippen LogP contribution in [0.5, 0.6) is 17.2 Å². The van der Waals surface area contributed by atoms with Crippen molar-refractivity contribution in [3.05, 3.63) is 52.5 Å². The maximum absolute atomic E-state index is 12.2. The maximum atomic E-state index is 12.2. The Hall–Kier alpha value is -2.44. The third kappa shape index (κ3) is 3.96. The van der Waals surface area contributed by atoms with Gasteiger partial charge in [0.2, 0.25) is 5.91 Å².